The third-order valence-corrected chi connectivity index (χ3v) is 5.23. The molecule has 3 amide bonds. The van der Waals surface area contributed by atoms with Crippen LogP contribution in [-0.4, -0.2) is 28.5 Å². The Labute approximate surface area is 176 Å². The van der Waals surface area contributed by atoms with E-state index in [0.29, 0.717) is 22.2 Å². The molecule has 0 radical (unpaired) electrons. The standard InChI is InChI=1S/C19H12BrF3N2O3S/c20-12-5-3-4-11(8-12)9-15-17(27)25(18(28)29-15)10-16(26)24-14-7-2-1-6-13(14)19(21,22)23/h1-9H,10H2,(H,24,26)/b15-9-. The third kappa shape index (κ3) is 5.07. The predicted molar refractivity (Wildman–Crippen MR) is 107 cm³/mol. The van der Waals surface area contributed by atoms with Gasteiger partial charge in [-0.2, -0.15) is 13.2 Å². The zero-order chi connectivity index (χ0) is 21.2. The van der Waals surface area contributed by atoms with Crippen LogP contribution in [0, 0.1) is 0 Å². The molecule has 0 atom stereocenters. The number of alkyl halides is 3. The van der Waals surface area contributed by atoms with Crippen molar-refractivity contribution in [3.05, 3.63) is 69.0 Å². The van der Waals surface area contributed by atoms with Crippen molar-refractivity contribution in [2.45, 2.75) is 6.18 Å². The monoisotopic (exact) mass is 484 g/mol. The van der Waals surface area contributed by atoms with E-state index in [1.165, 1.54) is 18.2 Å². The summed E-state index contributed by atoms with van der Waals surface area (Å²) >= 11 is 3.96. The van der Waals surface area contributed by atoms with Crippen LogP contribution in [0.3, 0.4) is 0 Å². The summed E-state index contributed by atoms with van der Waals surface area (Å²) in [5, 5.41) is 1.45. The number of carbonyl (C=O) groups excluding carboxylic acids is 3. The van der Waals surface area contributed by atoms with Gasteiger partial charge in [-0.15, -0.1) is 0 Å². The number of halogens is 4. The first-order valence-corrected chi connectivity index (χ1v) is 9.73. The minimum Gasteiger partial charge on any atom is -0.324 e. The highest BCUT2D eigenvalue weighted by molar-refractivity contribution is 9.10. The smallest absolute Gasteiger partial charge is 0.324 e. The predicted octanol–water partition coefficient (Wildman–Crippen LogP) is 5.14. The molecular formula is C19H12BrF3N2O3S. The Hall–Kier alpha value is -2.59. The van der Waals surface area contributed by atoms with Crippen LogP contribution in [-0.2, 0) is 15.8 Å². The Morgan fingerprint density at radius 2 is 1.86 bits per heavy atom. The van der Waals surface area contributed by atoms with E-state index < -0.39 is 41.0 Å². The van der Waals surface area contributed by atoms with Gasteiger partial charge in [0.2, 0.25) is 5.91 Å². The molecule has 29 heavy (non-hydrogen) atoms. The lowest BCUT2D eigenvalue weighted by atomic mass is 10.1. The van der Waals surface area contributed by atoms with E-state index in [1.807, 2.05) is 0 Å². The Balaban J connectivity index is 1.73. The van der Waals surface area contributed by atoms with Gasteiger partial charge in [-0.25, -0.2) is 0 Å². The maximum absolute atomic E-state index is 13.0. The second kappa shape index (κ2) is 8.42. The molecular weight excluding hydrogens is 473 g/mol. The van der Waals surface area contributed by atoms with Crippen LogP contribution in [0.2, 0.25) is 0 Å². The number of amides is 3. The van der Waals surface area contributed by atoms with E-state index in [9.17, 15) is 27.6 Å². The number of thioether (sulfide) groups is 1. The summed E-state index contributed by atoms with van der Waals surface area (Å²) in [7, 11) is 0. The molecule has 2 aromatic carbocycles. The maximum Gasteiger partial charge on any atom is 0.418 e. The molecule has 0 aliphatic carbocycles. The van der Waals surface area contributed by atoms with Gasteiger partial charge in [-0.1, -0.05) is 40.2 Å². The topological polar surface area (TPSA) is 66.5 Å². The molecule has 10 heteroatoms. The summed E-state index contributed by atoms with van der Waals surface area (Å²) in [6.07, 6.45) is -3.15. The van der Waals surface area contributed by atoms with Crippen LogP contribution >= 0.6 is 27.7 Å². The van der Waals surface area contributed by atoms with Crippen molar-refractivity contribution in [1.82, 2.24) is 4.90 Å². The van der Waals surface area contributed by atoms with Crippen LogP contribution in [0.5, 0.6) is 0 Å². The molecule has 0 saturated carbocycles. The molecule has 3 rings (SSSR count). The molecule has 0 spiro atoms. The molecule has 0 unspecified atom stereocenters. The molecule has 2 aromatic rings. The largest absolute Gasteiger partial charge is 0.418 e. The second-order valence-electron chi connectivity index (χ2n) is 5.91. The molecule has 1 N–H and O–H groups in total. The molecule has 1 saturated heterocycles. The number of nitrogens with one attached hydrogen (secondary N) is 1. The molecule has 0 bridgehead atoms. The number of carbonyl (C=O) groups is 3. The molecule has 5 nitrogen and oxygen atoms in total. The van der Waals surface area contributed by atoms with Crippen LogP contribution in [0.25, 0.3) is 6.08 Å². The highest BCUT2D eigenvalue weighted by atomic mass is 79.9. The molecule has 1 heterocycles. The molecule has 150 valence electrons. The minimum absolute atomic E-state index is 0.122. The van der Waals surface area contributed by atoms with Gasteiger partial charge in [0.25, 0.3) is 11.1 Å². The van der Waals surface area contributed by atoms with Crippen molar-refractivity contribution < 1.29 is 27.6 Å². The molecule has 1 aliphatic rings. The first kappa shape index (κ1) is 21.1. The summed E-state index contributed by atoms with van der Waals surface area (Å²) < 4.78 is 39.9. The van der Waals surface area contributed by atoms with Gasteiger partial charge in [-0.3, -0.25) is 19.3 Å². The highest BCUT2D eigenvalue weighted by Gasteiger charge is 2.37. The fraction of sp³-hybridized carbons (Fsp3) is 0.105. The van der Waals surface area contributed by atoms with Crippen molar-refractivity contribution in [3.63, 3.8) is 0 Å². The van der Waals surface area contributed by atoms with Crippen LogP contribution < -0.4 is 5.32 Å². The lowest BCUT2D eigenvalue weighted by molar-refractivity contribution is -0.137. The molecule has 1 fully saturated rings. The van der Waals surface area contributed by atoms with Crippen LogP contribution in [0.1, 0.15) is 11.1 Å². The van der Waals surface area contributed by atoms with E-state index in [0.717, 1.165) is 16.6 Å². The normalized spacial score (nSPS) is 15.9. The summed E-state index contributed by atoms with van der Waals surface area (Å²) in [6.45, 7) is -0.688. The van der Waals surface area contributed by atoms with Gasteiger partial charge in [0.05, 0.1) is 16.2 Å². The number of rotatable bonds is 4. The van der Waals surface area contributed by atoms with Gasteiger partial charge in [-0.05, 0) is 47.7 Å². The number of anilines is 1. The SMILES string of the molecule is O=C(CN1C(=O)S/C(=C\c2cccc(Br)c2)C1=O)Nc1ccccc1C(F)(F)F. The van der Waals surface area contributed by atoms with E-state index >= 15 is 0 Å². The average Bonchev–Trinajstić information content (AvgIpc) is 2.89. The number of imide groups is 1. The van der Waals surface area contributed by atoms with E-state index in [4.69, 9.17) is 0 Å². The highest BCUT2D eigenvalue weighted by Crippen LogP contribution is 2.35. The van der Waals surface area contributed by atoms with Crippen molar-refractivity contribution in [2.24, 2.45) is 0 Å². The lowest BCUT2D eigenvalue weighted by Gasteiger charge is -2.15. The Kier molecular flexibility index (Phi) is 6.13. The van der Waals surface area contributed by atoms with Crippen LogP contribution in [0.4, 0.5) is 23.7 Å². The van der Waals surface area contributed by atoms with Gasteiger partial charge in [0.1, 0.15) is 6.54 Å². The fourth-order valence-corrected chi connectivity index (χ4v) is 3.81. The minimum atomic E-state index is -4.65. The zero-order valence-electron chi connectivity index (χ0n) is 14.5. The van der Waals surface area contributed by atoms with Crippen LogP contribution in [0.15, 0.2) is 57.9 Å². The number of hydrogen-bond donors (Lipinski definition) is 1. The quantitative estimate of drug-likeness (QED) is 0.609. The number of benzene rings is 2. The van der Waals surface area contributed by atoms with Crippen molar-refractivity contribution in [1.29, 1.82) is 0 Å². The molecule has 1 aliphatic heterocycles. The Morgan fingerprint density at radius 3 is 2.55 bits per heavy atom. The summed E-state index contributed by atoms with van der Waals surface area (Å²) in [5.41, 5.74) is -0.785. The average molecular weight is 485 g/mol. The van der Waals surface area contributed by atoms with Gasteiger partial charge < -0.3 is 5.32 Å². The van der Waals surface area contributed by atoms with Crippen molar-refractivity contribution in [2.75, 3.05) is 11.9 Å². The number of hydrogen-bond acceptors (Lipinski definition) is 4. The first-order valence-electron chi connectivity index (χ1n) is 8.12. The number of nitrogens with zero attached hydrogens (tertiary/aromatic N) is 1. The first-order chi connectivity index (χ1) is 13.6. The Bertz CT molecular complexity index is 1020. The van der Waals surface area contributed by atoms with Gasteiger partial charge >= 0.3 is 6.18 Å². The fourth-order valence-electron chi connectivity index (χ4n) is 2.56. The van der Waals surface area contributed by atoms with E-state index in [1.54, 1.807) is 24.3 Å². The van der Waals surface area contributed by atoms with Crippen molar-refractivity contribution >= 4 is 56.5 Å². The van der Waals surface area contributed by atoms with Gasteiger partial charge in [0, 0.05) is 4.47 Å². The van der Waals surface area contributed by atoms with E-state index in [2.05, 4.69) is 21.2 Å². The van der Waals surface area contributed by atoms with E-state index in [-0.39, 0.29) is 4.91 Å². The maximum atomic E-state index is 13.0. The van der Waals surface area contributed by atoms with Gasteiger partial charge in [0.15, 0.2) is 0 Å². The summed E-state index contributed by atoms with van der Waals surface area (Å²) in [5.74, 6) is -1.59. The molecule has 0 aromatic heterocycles. The summed E-state index contributed by atoms with van der Waals surface area (Å²) in [4.78, 5) is 37.6. The summed E-state index contributed by atoms with van der Waals surface area (Å²) in [6, 6.07) is 11.5. The zero-order valence-corrected chi connectivity index (χ0v) is 16.9. The second-order valence-corrected chi connectivity index (χ2v) is 7.82. The van der Waals surface area contributed by atoms with Crippen molar-refractivity contribution in [3.8, 4) is 0 Å². The number of para-hydroxylation sites is 1. The lowest BCUT2D eigenvalue weighted by Crippen LogP contribution is -2.36. The Morgan fingerprint density at radius 1 is 1.14 bits per heavy atom. The third-order valence-electron chi connectivity index (χ3n) is 3.83.